The molecule has 0 bridgehead atoms. The molecule has 5 heteroatoms. The van der Waals surface area contributed by atoms with Gasteiger partial charge < -0.3 is 5.73 Å². The van der Waals surface area contributed by atoms with Gasteiger partial charge >= 0.3 is 0 Å². The molecule has 1 aliphatic rings. The van der Waals surface area contributed by atoms with E-state index in [1.807, 2.05) is 24.3 Å². The number of aromatic amines is 1. The lowest BCUT2D eigenvalue weighted by molar-refractivity contribution is -0.119. The first kappa shape index (κ1) is 12.2. The minimum Gasteiger partial charge on any atom is -0.369 e. The number of nitrogens with zero attached hydrogens (tertiary/aromatic N) is 1. The van der Waals surface area contributed by atoms with Gasteiger partial charge in [-0.15, -0.1) is 0 Å². The lowest BCUT2D eigenvalue weighted by Crippen LogP contribution is -2.25. The lowest BCUT2D eigenvalue weighted by atomic mass is 9.85. The molecule has 0 radical (unpaired) electrons. The van der Waals surface area contributed by atoms with Crippen molar-refractivity contribution >= 4 is 17.5 Å². The van der Waals surface area contributed by atoms with Crippen LogP contribution >= 0.6 is 11.6 Å². The van der Waals surface area contributed by atoms with Crippen LogP contribution in [0.25, 0.3) is 11.3 Å². The SMILES string of the molecule is NC(=O)C1CCCc2c(-c3ccc(Cl)cc3)n[nH]c21. The quantitative estimate of drug-likeness (QED) is 0.884. The summed E-state index contributed by atoms with van der Waals surface area (Å²) in [6, 6.07) is 7.55. The van der Waals surface area contributed by atoms with Gasteiger partial charge in [-0.2, -0.15) is 5.10 Å². The number of nitrogens with one attached hydrogen (secondary N) is 1. The molecule has 0 fully saturated rings. The van der Waals surface area contributed by atoms with Crippen LogP contribution in [0, 0.1) is 0 Å². The maximum Gasteiger partial charge on any atom is 0.226 e. The molecule has 19 heavy (non-hydrogen) atoms. The first-order valence-electron chi connectivity index (χ1n) is 6.29. The van der Waals surface area contributed by atoms with Crippen molar-refractivity contribution in [3.05, 3.63) is 40.5 Å². The molecular weight excluding hydrogens is 262 g/mol. The highest BCUT2D eigenvalue weighted by Crippen LogP contribution is 2.35. The standard InChI is InChI=1S/C14H14ClN3O/c15-9-6-4-8(5-7-9)12-10-2-1-3-11(14(16)19)13(10)18-17-12/h4-7,11H,1-3H2,(H2,16,19)(H,17,18). The Balaban J connectivity index is 2.05. The Morgan fingerprint density at radius 3 is 2.79 bits per heavy atom. The third-order valence-corrected chi connectivity index (χ3v) is 3.88. The van der Waals surface area contributed by atoms with E-state index in [2.05, 4.69) is 10.2 Å². The summed E-state index contributed by atoms with van der Waals surface area (Å²) in [5.41, 5.74) is 9.34. The number of carbonyl (C=O) groups is 1. The number of carbonyl (C=O) groups excluding carboxylic acids is 1. The summed E-state index contributed by atoms with van der Waals surface area (Å²) in [6.07, 6.45) is 2.68. The van der Waals surface area contributed by atoms with Crippen molar-refractivity contribution in [1.82, 2.24) is 10.2 Å². The molecule has 3 rings (SSSR count). The van der Waals surface area contributed by atoms with E-state index in [-0.39, 0.29) is 11.8 Å². The molecule has 3 N–H and O–H groups in total. The number of primary amides is 1. The van der Waals surface area contributed by atoms with Gasteiger partial charge in [-0.05, 0) is 31.4 Å². The van der Waals surface area contributed by atoms with Crippen LogP contribution < -0.4 is 5.73 Å². The van der Waals surface area contributed by atoms with E-state index in [1.165, 1.54) is 0 Å². The zero-order valence-electron chi connectivity index (χ0n) is 10.3. The predicted molar refractivity (Wildman–Crippen MR) is 73.9 cm³/mol. The van der Waals surface area contributed by atoms with Crippen LogP contribution in [0.2, 0.25) is 5.02 Å². The third kappa shape index (κ3) is 2.12. The molecule has 1 aliphatic carbocycles. The highest BCUT2D eigenvalue weighted by Gasteiger charge is 2.29. The molecule has 1 unspecified atom stereocenters. The van der Waals surface area contributed by atoms with E-state index in [0.29, 0.717) is 5.02 Å². The first-order chi connectivity index (χ1) is 9.16. The van der Waals surface area contributed by atoms with Gasteiger partial charge in [-0.25, -0.2) is 0 Å². The topological polar surface area (TPSA) is 71.8 Å². The van der Waals surface area contributed by atoms with Gasteiger partial charge in [0.15, 0.2) is 0 Å². The van der Waals surface area contributed by atoms with Crippen molar-refractivity contribution in [3.63, 3.8) is 0 Å². The van der Waals surface area contributed by atoms with Crippen molar-refractivity contribution in [1.29, 1.82) is 0 Å². The fourth-order valence-electron chi connectivity index (χ4n) is 2.68. The molecule has 0 spiro atoms. The molecular formula is C14H14ClN3O. The number of H-pyrrole nitrogens is 1. The van der Waals surface area contributed by atoms with Crippen molar-refractivity contribution < 1.29 is 4.79 Å². The average molecular weight is 276 g/mol. The first-order valence-corrected chi connectivity index (χ1v) is 6.67. The highest BCUT2D eigenvalue weighted by atomic mass is 35.5. The summed E-state index contributed by atoms with van der Waals surface area (Å²) in [7, 11) is 0. The number of hydrogen-bond donors (Lipinski definition) is 2. The van der Waals surface area contributed by atoms with E-state index in [4.69, 9.17) is 17.3 Å². The minimum absolute atomic E-state index is 0.239. The largest absolute Gasteiger partial charge is 0.369 e. The molecule has 1 heterocycles. The smallest absolute Gasteiger partial charge is 0.226 e. The van der Waals surface area contributed by atoms with Crippen molar-refractivity contribution in [2.45, 2.75) is 25.2 Å². The van der Waals surface area contributed by atoms with E-state index in [1.54, 1.807) is 0 Å². The van der Waals surface area contributed by atoms with Crippen LogP contribution in [-0.4, -0.2) is 16.1 Å². The van der Waals surface area contributed by atoms with E-state index < -0.39 is 0 Å². The van der Waals surface area contributed by atoms with Crippen LogP contribution in [0.3, 0.4) is 0 Å². The Morgan fingerprint density at radius 2 is 2.11 bits per heavy atom. The molecule has 98 valence electrons. The van der Waals surface area contributed by atoms with Crippen LogP contribution in [0.5, 0.6) is 0 Å². The third-order valence-electron chi connectivity index (χ3n) is 3.63. The van der Waals surface area contributed by atoms with Crippen molar-refractivity contribution in [2.75, 3.05) is 0 Å². The normalized spacial score (nSPS) is 18.1. The van der Waals surface area contributed by atoms with E-state index in [9.17, 15) is 4.79 Å². The fourth-order valence-corrected chi connectivity index (χ4v) is 2.80. The van der Waals surface area contributed by atoms with Crippen LogP contribution in [0.4, 0.5) is 0 Å². The maximum atomic E-state index is 11.5. The van der Waals surface area contributed by atoms with Crippen LogP contribution in [0.15, 0.2) is 24.3 Å². The summed E-state index contributed by atoms with van der Waals surface area (Å²) < 4.78 is 0. The number of hydrogen-bond acceptors (Lipinski definition) is 2. The zero-order valence-corrected chi connectivity index (χ0v) is 11.1. The van der Waals surface area contributed by atoms with E-state index in [0.717, 1.165) is 41.8 Å². The number of nitrogens with two attached hydrogens (primary N) is 1. The lowest BCUT2D eigenvalue weighted by Gasteiger charge is -2.19. The average Bonchev–Trinajstić information content (AvgIpc) is 2.83. The Bertz CT molecular complexity index is 618. The molecule has 2 aromatic rings. The summed E-state index contributed by atoms with van der Waals surface area (Å²) in [5, 5.41) is 8.04. The maximum absolute atomic E-state index is 11.5. The number of rotatable bonds is 2. The molecule has 1 aromatic heterocycles. The summed E-state index contributed by atoms with van der Waals surface area (Å²) in [5.74, 6) is -0.524. The van der Waals surface area contributed by atoms with Gasteiger partial charge in [-0.1, -0.05) is 23.7 Å². The molecule has 0 saturated carbocycles. The Hall–Kier alpha value is -1.81. The molecule has 4 nitrogen and oxygen atoms in total. The van der Waals surface area contributed by atoms with Gasteiger partial charge in [0.1, 0.15) is 0 Å². The fraction of sp³-hybridized carbons (Fsp3) is 0.286. The second-order valence-electron chi connectivity index (χ2n) is 4.82. The number of halogens is 1. The molecule has 1 atom stereocenters. The van der Waals surface area contributed by atoms with Gasteiger partial charge in [0, 0.05) is 16.1 Å². The summed E-state index contributed by atoms with van der Waals surface area (Å²) >= 11 is 5.89. The number of aromatic nitrogens is 2. The number of benzene rings is 1. The van der Waals surface area contributed by atoms with E-state index >= 15 is 0 Å². The molecule has 1 amide bonds. The Kier molecular flexibility index (Phi) is 3.03. The van der Waals surface area contributed by atoms with Gasteiger partial charge in [0.25, 0.3) is 0 Å². The Morgan fingerprint density at radius 1 is 1.37 bits per heavy atom. The van der Waals surface area contributed by atoms with Crippen molar-refractivity contribution in [2.24, 2.45) is 5.73 Å². The number of fused-ring (bicyclic) bond motifs is 1. The van der Waals surface area contributed by atoms with Gasteiger partial charge in [0.05, 0.1) is 17.3 Å². The summed E-state index contributed by atoms with van der Waals surface area (Å²) in [4.78, 5) is 11.5. The minimum atomic E-state index is -0.285. The van der Waals surface area contributed by atoms with Crippen LogP contribution in [-0.2, 0) is 11.2 Å². The summed E-state index contributed by atoms with van der Waals surface area (Å²) in [6.45, 7) is 0. The van der Waals surface area contributed by atoms with Gasteiger partial charge in [0.2, 0.25) is 5.91 Å². The zero-order chi connectivity index (χ0) is 13.4. The second kappa shape index (κ2) is 4.70. The molecule has 0 saturated heterocycles. The molecule has 0 aliphatic heterocycles. The molecule has 1 aromatic carbocycles. The van der Waals surface area contributed by atoms with Crippen molar-refractivity contribution in [3.8, 4) is 11.3 Å². The highest BCUT2D eigenvalue weighted by molar-refractivity contribution is 6.30. The van der Waals surface area contributed by atoms with Crippen LogP contribution in [0.1, 0.15) is 30.0 Å². The predicted octanol–water partition coefficient (Wildman–Crippen LogP) is 2.64. The number of amides is 1. The van der Waals surface area contributed by atoms with Gasteiger partial charge in [-0.3, -0.25) is 9.89 Å². The Labute approximate surface area is 116 Å². The second-order valence-corrected chi connectivity index (χ2v) is 5.25. The monoisotopic (exact) mass is 275 g/mol.